The Morgan fingerprint density at radius 1 is 1.29 bits per heavy atom. The Morgan fingerprint density at radius 2 is 2.04 bits per heavy atom. The SMILES string of the molecule is CC(C)(C)OC(=O)N1CCC(CCCCNC(=O)/C=C\c2cccnc2)CC1. The Hall–Kier alpha value is -2.37. The normalized spacial score (nSPS) is 15.6. The van der Waals surface area contributed by atoms with Gasteiger partial charge in [0.1, 0.15) is 5.60 Å². The van der Waals surface area contributed by atoms with Gasteiger partial charge in [0, 0.05) is 38.1 Å². The topological polar surface area (TPSA) is 71.5 Å². The highest BCUT2D eigenvalue weighted by Crippen LogP contribution is 2.23. The first-order chi connectivity index (χ1) is 13.3. The van der Waals surface area contributed by atoms with Crippen LogP contribution in [0.25, 0.3) is 6.08 Å². The zero-order valence-electron chi connectivity index (χ0n) is 17.3. The number of nitrogens with zero attached hydrogens (tertiary/aromatic N) is 2. The summed E-state index contributed by atoms with van der Waals surface area (Å²) in [4.78, 5) is 29.7. The van der Waals surface area contributed by atoms with Gasteiger partial charge in [-0.3, -0.25) is 9.78 Å². The van der Waals surface area contributed by atoms with Crippen molar-refractivity contribution in [2.24, 2.45) is 5.92 Å². The molecule has 6 nitrogen and oxygen atoms in total. The minimum absolute atomic E-state index is 0.0745. The highest BCUT2D eigenvalue weighted by molar-refractivity contribution is 5.91. The van der Waals surface area contributed by atoms with Crippen LogP contribution in [0.15, 0.2) is 30.6 Å². The lowest BCUT2D eigenvalue weighted by atomic mass is 9.92. The Morgan fingerprint density at radius 3 is 2.68 bits per heavy atom. The third-order valence-electron chi connectivity index (χ3n) is 4.72. The van der Waals surface area contributed by atoms with E-state index in [9.17, 15) is 9.59 Å². The van der Waals surface area contributed by atoms with Gasteiger partial charge in [-0.1, -0.05) is 18.9 Å². The van der Waals surface area contributed by atoms with Gasteiger partial charge < -0.3 is 15.0 Å². The van der Waals surface area contributed by atoms with Crippen LogP contribution in [0.2, 0.25) is 0 Å². The van der Waals surface area contributed by atoms with E-state index in [1.54, 1.807) is 24.5 Å². The summed E-state index contributed by atoms with van der Waals surface area (Å²) in [6.45, 7) is 7.92. The zero-order chi connectivity index (χ0) is 20.4. The molecule has 0 spiro atoms. The Balaban J connectivity index is 1.54. The maximum Gasteiger partial charge on any atom is 0.410 e. The monoisotopic (exact) mass is 387 g/mol. The van der Waals surface area contributed by atoms with Gasteiger partial charge in [0.15, 0.2) is 0 Å². The third-order valence-corrected chi connectivity index (χ3v) is 4.72. The summed E-state index contributed by atoms with van der Waals surface area (Å²) in [6.07, 6.45) is 11.8. The van der Waals surface area contributed by atoms with Crippen molar-refractivity contribution in [1.29, 1.82) is 0 Å². The van der Waals surface area contributed by atoms with E-state index in [1.807, 2.05) is 37.8 Å². The van der Waals surface area contributed by atoms with E-state index in [1.165, 1.54) is 0 Å². The van der Waals surface area contributed by atoms with E-state index in [2.05, 4.69) is 10.3 Å². The van der Waals surface area contributed by atoms with Gasteiger partial charge in [0.25, 0.3) is 0 Å². The van der Waals surface area contributed by atoms with Gasteiger partial charge in [-0.15, -0.1) is 0 Å². The number of hydrogen-bond acceptors (Lipinski definition) is 4. The molecule has 2 amide bonds. The van der Waals surface area contributed by atoms with Crippen molar-refractivity contribution >= 4 is 18.1 Å². The summed E-state index contributed by atoms with van der Waals surface area (Å²) in [5, 5.41) is 2.92. The lowest BCUT2D eigenvalue weighted by molar-refractivity contribution is -0.116. The van der Waals surface area contributed by atoms with E-state index >= 15 is 0 Å². The molecule has 0 saturated carbocycles. The maximum absolute atomic E-state index is 12.1. The number of unbranched alkanes of at least 4 members (excludes halogenated alkanes) is 1. The molecule has 0 atom stereocenters. The minimum Gasteiger partial charge on any atom is -0.444 e. The number of rotatable bonds is 7. The van der Waals surface area contributed by atoms with Crippen LogP contribution in [-0.4, -0.2) is 47.1 Å². The first kappa shape index (κ1) is 21.9. The summed E-state index contributed by atoms with van der Waals surface area (Å²) in [6, 6.07) is 3.75. The molecule has 154 valence electrons. The molecule has 1 saturated heterocycles. The molecular weight excluding hydrogens is 354 g/mol. The molecule has 6 heteroatoms. The molecule has 1 aliphatic rings. The number of amides is 2. The highest BCUT2D eigenvalue weighted by atomic mass is 16.6. The van der Waals surface area contributed by atoms with E-state index in [-0.39, 0.29) is 12.0 Å². The standard InChI is InChI=1S/C22H33N3O3/c1-22(2,3)28-21(27)25-15-11-18(12-16-25)7-4-5-14-24-20(26)10-9-19-8-6-13-23-17-19/h6,8-10,13,17-18H,4-5,7,11-12,14-16H2,1-3H3,(H,24,26)/b10-9-. The first-order valence-electron chi connectivity index (χ1n) is 10.2. The molecule has 1 aromatic heterocycles. The molecule has 0 unspecified atom stereocenters. The van der Waals surface area contributed by atoms with Crippen molar-refractivity contribution in [1.82, 2.24) is 15.2 Å². The number of pyridine rings is 1. The maximum atomic E-state index is 12.1. The quantitative estimate of drug-likeness (QED) is 0.566. The molecular formula is C22H33N3O3. The van der Waals surface area contributed by atoms with E-state index in [0.29, 0.717) is 12.5 Å². The van der Waals surface area contributed by atoms with Crippen LogP contribution in [0.4, 0.5) is 4.79 Å². The van der Waals surface area contributed by atoms with Gasteiger partial charge in [-0.25, -0.2) is 4.79 Å². The zero-order valence-corrected chi connectivity index (χ0v) is 17.3. The molecule has 0 bridgehead atoms. The van der Waals surface area contributed by atoms with E-state index < -0.39 is 5.60 Å². The smallest absolute Gasteiger partial charge is 0.410 e. The number of ether oxygens (including phenoxy) is 1. The fourth-order valence-electron chi connectivity index (χ4n) is 3.21. The number of piperidine rings is 1. The predicted octanol–water partition coefficient (Wildman–Crippen LogP) is 4.03. The molecule has 1 N–H and O–H groups in total. The second kappa shape index (κ2) is 10.8. The van der Waals surface area contributed by atoms with Crippen LogP contribution in [0.5, 0.6) is 0 Å². The van der Waals surface area contributed by atoms with Gasteiger partial charge >= 0.3 is 6.09 Å². The molecule has 0 aromatic carbocycles. The Labute approximate surface area is 168 Å². The van der Waals surface area contributed by atoms with E-state index in [0.717, 1.165) is 50.8 Å². The minimum atomic E-state index is -0.439. The fraction of sp³-hybridized carbons (Fsp3) is 0.591. The number of aromatic nitrogens is 1. The average Bonchev–Trinajstić information content (AvgIpc) is 2.66. The summed E-state index contributed by atoms with van der Waals surface area (Å²) in [5.74, 6) is 0.578. The average molecular weight is 388 g/mol. The van der Waals surface area contributed by atoms with Crippen molar-refractivity contribution in [3.05, 3.63) is 36.2 Å². The van der Waals surface area contributed by atoms with Crippen LogP contribution in [0.1, 0.15) is 58.4 Å². The van der Waals surface area contributed by atoms with Crippen LogP contribution in [0.3, 0.4) is 0 Å². The Bertz CT molecular complexity index is 645. The second-order valence-electron chi connectivity index (χ2n) is 8.32. The van der Waals surface area contributed by atoms with Crippen molar-refractivity contribution in [2.75, 3.05) is 19.6 Å². The lowest BCUT2D eigenvalue weighted by Gasteiger charge is -2.33. The lowest BCUT2D eigenvalue weighted by Crippen LogP contribution is -2.41. The predicted molar refractivity (Wildman–Crippen MR) is 111 cm³/mol. The summed E-state index contributed by atoms with van der Waals surface area (Å²) in [5.41, 5.74) is 0.473. The van der Waals surface area contributed by atoms with Crippen molar-refractivity contribution in [3.63, 3.8) is 0 Å². The number of likely N-dealkylation sites (tertiary alicyclic amines) is 1. The number of hydrogen-bond donors (Lipinski definition) is 1. The molecule has 28 heavy (non-hydrogen) atoms. The van der Waals surface area contributed by atoms with Crippen molar-refractivity contribution in [2.45, 2.75) is 58.5 Å². The summed E-state index contributed by atoms with van der Waals surface area (Å²) < 4.78 is 5.43. The van der Waals surface area contributed by atoms with Crippen LogP contribution >= 0.6 is 0 Å². The first-order valence-corrected chi connectivity index (χ1v) is 10.2. The second-order valence-corrected chi connectivity index (χ2v) is 8.32. The van der Waals surface area contributed by atoms with Crippen molar-refractivity contribution < 1.29 is 14.3 Å². The van der Waals surface area contributed by atoms with E-state index in [4.69, 9.17) is 4.74 Å². The van der Waals surface area contributed by atoms with Crippen LogP contribution in [0, 0.1) is 5.92 Å². The number of carbonyl (C=O) groups excluding carboxylic acids is 2. The largest absolute Gasteiger partial charge is 0.444 e. The number of carbonyl (C=O) groups is 2. The van der Waals surface area contributed by atoms with Gasteiger partial charge in [0.05, 0.1) is 0 Å². The molecule has 0 radical (unpaired) electrons. The molecule has 1 aromatic rings. The van der Waals surface area contributed by atoms with Crippen molar-refractivity contribution in [3.8, 4) is 0 Å². The van der Waals surface area contributed by atoms with Crippen LogP contribution in [-0.2, 0) is 9.53 Å². The molecule has 1 fully saturated rings. The fourth-order valence-corrected chi connectivity index (χ4v) is 3.21. The van der Waals surface area contributed by atoms with Gasteiger partial charge in [-0.05, 0) is 63.7 Å². The Kier molecular flexibility index (Phi) is 8.48. The summed E-state index contributed by atoms with van der Waals surface area (Å²) in [7, 11) is 0. The molecule has 0 aliphatic carbocycles. The molecule has 2 rings (SSSR count). The van der Waals surface area contributed by atoms with Crippen LogP contribution < -0.4 is 5.32 Å². The third kappa shape index (κ3) is 8.55. The molecule has 1 aliphatic heterocycles. The summed E-state index contributed by atoms with van der Waals surface area (Å²) >= 11 is 0. The number of nitrogens with one attached hydrogen (secondary N) is 1. The van der Waals surface area contributed by atoms with Gasteiger partial charge in [-0.2, -0.15) is 0 Å². The van der Waals surface area contributed by atoms with Gasteiger partial charge in [0.2, 0.25) is 5.91 Å². The molecule has 2 heterocycles. The highest BCUT2D eigenvalue weighted by Gasteiger charge is 2.26.